The maximum absolute atomic E-state index is 10.1. The molecule has 0 aromatic heterocycles. The van der Waals surface area contributed by atoms with Crippen molar-refractivity contribution in [2.75, 3.05) is 0 Å². The Balaban J connectivity index is 1.73. The largest absolute Gasteiger partial charge is 0.390 e. The highest BCUT2D eigenvalue weighted by atomic mass is 16.3. The molecule has 3 aliphatic carbocycles. The molecule has 0 amide bonds. The normalized spacial score (nSPS) is 36.9. The van der Waals surface area contributed by atoms with Crippen LogP contribution in [0, 0.1) is 17.3 Å². The van der Waals surface area contributed by atoms with Crippen LogP contribution >= 0.6 is 0 Å². The van der Waals surface area contributed by atoms with Crippen LogP contribution in [-0.2, 0) is 0 Å². The summed E-state index contributed by atoms with van der Waals surface area (Å²) in [5, 5.41) is 30.2. The first-order valence-electron chi connectivity index (χ1n) is 11.8. The van der Waals surface area contributed by atoms with Crippen molar-refractivity contribution in [2.45, 2.75) is 103 Å². The second kappa shape index (κ2) is 9.14. The average molecular weight is 415 g/mol. The minimum absolute atomic E-state index is 0.317. The van der Waals surface area contributed by atoms with E-state index in [1.807, 2.05) is 13.8 Å². The summed E-state index contributed by atoms with van der Waals surface area (Å²) in [6, 6.07) is 0. The summed E-state index contributed by atoms with van der Waals surface area (Å²) in [5.74, 6) is 1.25. The highest BCUT2D eigenvalue weighted by molar-refractivity contribution is 5.30. The van der Waals surface area contributed by atoms with Gasteiger partial charge in [-0.25, -0.2) is 0 Å². The predicted octanol–water partition coefficient (Wildman–Crippen LogP) is 5.62. The van der Waals surface area contributed by atoms with E-state index in [0.717, 1.165) is 24.8 Å². The Morgan fingerprint density at radius 2 is 1.83 bits per heavy atom. The number of hydrogen-bond acceptors (Lipinski definition) is 3. The summed E-state index contributed by atoms with van der Waals surface area (Å²) in [4.78, 5) is 0. The van der Waals surface area contributed by atoms with Gasteiger partial charge in [-0.2, -0.15) is 0 Å². The van der Waals surface area contributed by atoms with Gasteiger partial charge in [0.15, 0.2) is 0 Å². The number of rotatable bonds is 5. The van der Waals surface area contributed by atoms with Crippen molar-refractivity contribution in [1.82, 2.24) is 0 Å². The molecule has 3 fully saturated rings. The summed E-state index contributed by atoms with van der Waals surface area (Å²) >= 11 is 0. The Hall–Kier alpha value is -1.16. The second-order valence-electron chi connectivity index (χ2n) is 10.9. The fourth-order valence-corrected chi connectivity index (χ4v) is 6.21. The third-order valence-electron chi connectivity index (χ3n) is 8.04. The zero-order valence-corrected chi connectivity index (χ0v) is 19.5. The van der Waals surface area contributed by atoms with Gasteiger partial charge in [0, 0.05) is 0 Å². The molecule has 3 rings (SSSR count). The molecule has 168 valence electrons. The van der Waals surface area contributed by atoms with Crippen LogP contribution in [0.25, 0.3) is 0 Å². The van der Waals surface area contributed by atoms with Gasteiger partial charge in [0.05, 0.1) is 17.8 Å². The van der Waals surface area contributed by atoms with Crippen LogP contribution in [0.3, 0.4) is 0 Å². The molecular weight excluding hydrogens is 372 g/mol. The van der Waals surface area contributed by atoms with Crippen molar-refractivity contribution in [3.8, 4) is 0 Å². The van der Waals surface area contributed by atoms with Gasteiger partial charge in [-0.15, -0.1) is 0 Å². The third kappa shape index (κ3) is 5.18. The Labute approximate surface area is 183 Å². The van der Waals surface area contributed by atoms with Gasteiger partial charge in [-0.1, -0.05) is 48.5 Å². The monoisotopic (exact) mass is 414 g/mol. The van der Waals surface area contributed by atoms with Crippen LogP contribution in [0.4, 0.5) is 0 Å². The second-order valence-corrected chi connectivity index (χ2v) is 10.9. The lowest BCUT2D eigenvalue weighted by molar-refractivity contribution is 0.0720. The van der Waals surface area contributed by atoms with Gasteiger partial charge in [0.25, 0.3) is 0 Å². The van der Waals surface area contributed by atoms with Crippen LogP contribution in [-0.4, -0.2) is 33.1 Å². The molecule has 3 aliphatic rings. The van der Waals surface area contributed by atoms with Crippen molar-refractivity contribution in [1.29, 1.82) is 0 Å². The molecule has 0 aromatic carbocycles. The van der Waals surface area contributed by atoms with E-state index in [2.05, 4.69) is 38.7 Å². The first-order valence-corrected chi connectivity index (χ1v) is 11.8. The van der Waals surface area contributed by atoms with Crippen molar-refractivity contribution < 1.29 is 15.3 Å². The summed E-state index contributed by atoms with van der Waals surface area (Å²) in [5.41, 5.74) is 4.45. The van der Waals surface area contributed by atoms with Gasteiger partial charge in [-0.3, -0.25) is 0 Å². The molecule has 0 radical (unpaired) electrons. The average Bonchev–Trinajstić information content (AvgIpc) is 3.00. The Morgan fingerprint density at radius 1 is 1.17 bits per heavy atom. The Bertz CT molecular complexity index is 720. The molecule has 3 saturated carbocycles. The predicted molar refractivity (Wildman–Crippen MR) is 124 cm³/mol. The zero-order valence-electron chi connectivity index (χ0n) is 19.5. The SMILES string of the molecule is C=C1[C@H](O)CC(=CC=C2CCC[C@]3(C)[C@@H](C(C)=CCCC(C)(C)O)CC[C@@H]23)C[C@H]1O. The van der Waals surface area contributed by atoms with E-state index < -0.39 is 17.8 Å². The van der Waals surface area contributed by atoms with Crippen LogP contribution in [0.5, 0.6) is 0 Å². The van der Waals surface area contributed by atoms with Gasteiger partial charge in [0.1, 0.15) is 0 Å². The molecular formula is C27H42O3. The maximum Gasteiger partial charge on any atom is 0.0809 e. The summed E-state index contributed by atoms with van der Waals surface area (Å²) in [7, 11) is 0. The van der Waals surface area contributed by atoms with E-state index in [4.69, 9.17) is 0 Å². The van der Waals surface area contributed by atoms with Crippen LogP contribution in [0.1, 0.15) is 85.5 Å². The van der Waals surface area contributed by atoms with Crippen molar-refractivity contribution in [3.05, 3.63) is 47.1 Å². The van der Waals surface area contributed by atoms with E-state index in [0.29, 0.717) is 35.7 Å². The van der Waals surface area contributed by atoms with Crippen LogP contribution in [0.2, 0.25) is 0 Å². The van der Waals surface area contributed by atoms with Crippen molar-refractivity contribution >= 4 is 0 Å². The minimum atomic E-state index is -0.623. The molecule has 0 bridgehead atoms. The molecule has 3 N–H and O–H groups in total. The van der Waals surface area contributed by atoms with E-state index in [-0.39, 0.29) is 0 Å². The molecule has 5 atom stereocenters. The van der Waals surface area contributed by atoms with Crippen LogP contribution in [0.15, 0.2) is 47.1 Å². The van der Waals surface area contributed by atoms with E-state index in [9.17, 15) is 15.3 Å². The topological polar surface area (TPSA) is 60.7 Å². The quantitative estimate of drug-likeness (QED) is 0.511. The summed E-state index contributed by atoms with van der Waals surface area (Å²) in [6.07, 6.45) is 14.7. The molecule has 30 heavy (non-hydrogen) atoms. The van der Waals surface area contributed by atoms with E-state index in [1.165, 1.54) is 31.3 Å². The Morgan fingerprint density at radius 3 is 2.47 bits per heavy atom. The van der Waals surface area contributed by atoms with Gasteiger partial charge < -0.3 is 15.3 Å². The molecule has 0 heterocycles. The first kappa shape index (κ1) is 23.5. The smallest absolute Gasteiger partial charge is 0.0809 e. The van der Waals surface area contributed by atoms with E-state index in [1.54, 1.807) is 5.57 Å². The molecule has 0 spiro atoms. The first-order chi connectivity index (χ1) is 14.0. The maximum atomic E-state index is 10.1. The summed E-state index contributed by atoms with van der Waals surface area (Å²) in [6.45, 7) is 12.4. The van der Waals surface area contributed by atoms with Gasteiger partial charge in [-0.05, 0) is 101 Å². The fourth-order valence-electron chi connectivity index (χ4n) is 6.21. The third-order valence-corrected chi connectivity index (χ3v) is 8.04. The zero-order chi connectivity index (χ0) is 22.1. The van der Waals surface area contributed by atoms with Gasteiger partial charge in [0.2, 0.25) is 0 Å². The van der Waals surface area contributed by atoms with E-state index >= 15 is 0 Å². The minimum Gasteiger partial charge on any atom is -0.390 e. The fraction of sp³-hybridized carbons (Fsp3) is 0.704. The lowest BCUT2D eigenvalue weighted by Gasteiger charge is -2.43. The number of fused-ring (bicyclic) bond motifs is 1. The molecule has 0 saturated heterocycles. The molecule has 3 nitrogen and oxygen atoms in total. The number of aliphatic hydroxyl groups is 3. The highest BCUT2D eigenvalue weighted by Gasteiger charge is 2.49. The number of aliphatic hydroxyl groups excluding tert-OH is 2. The van der Waals surface area contributed by atoms with Crippen LogP contribution < -0.4 is 0 Å². The Kier molecular flexibility index (Phi) is 7.16. The molecule has 0 aromatic rings. The van der Waals surface area contributed by atoms with Crippen molar-refractivity contribution in [2.24, 2.45) is 17.3 Å². The lowest BCUT2D eigenvalue weighted by atomic mass is 9.62. The lowest BCUT2D eigenvalue weighted by Crippen LogP contribution is -2.33. The molecule has 0 aliphatic heterocycles. The molecule has 0 unspecified atom stereocenters. The summed E-state index contributed by atoms with van der Waals surface area (Å²) < 4.78 is 0. The highest BCUT2D eigenvalue weighted by Crippen LogP contribution is 2.59. The van der Waals surface area contributed by atoms with Crippen molar-refractivity contribution in [3.63, 3.8) is 0 Å². The van der Waals surface area contributed by atoms with Gasteiger partial charge >= 0.3 is 0 Å². The standard InChI is InChI=1S/C27H42O3/c1-18(8-6-14-26(3,4)30)22-12-13-23-21(9-7-15-27(22,23)5)11-10-20-16-24(28)19(2)25(29)17-20/h8,10-11,22-25,28-30H,2,6-7,9,12-17H2,1,3-5H3/t22-,23+,24-,25-,27-/m1/s1. The number of hydrogen-bond donors (Lipinski definition) is 3. The molecule has 3 heteroatoms. The number of allylic oxidation sites excluding steroid dienone is 5.